The van der Waals surface area contributed by atoms with Crippen molar-refractivity contribution in [2.24, 2.45) is 5.92 Å². The monoisotopic (exact) mass is 462 g/mol. The van der Waals surface area contributed by atoms with Crippen molar-refractivity contribution in [3.63, 3.8) is 0 Å². The maximum Gasteiger partial charge on any atom is 0.417 e. The molecule has 33 heavy (non-hydrogen) atoms. The molecule has 3 aliphatic rings. The Morgan fingerprint density at radius 3 is 2.58 bits per heavy atom. The first kappa shape index (κ1) is 21.7. The summed E-state index contributed by atoms with van der Waals surface area (Å²) in [5.74, 6) is 0.536. The number of piperidine rings is 1. The number of aromatic nitrogens is 4. The third kappa shape index (κ3) is 3.73. The Bertz CT molecular complexity index is 1160. The number of hydrogen-bond donors (Lipinski definition) is 1. The highest BCUT2D eigenvalue weighted by Crippen LogP contribution is 2.56. The summed E-state index contributed by atoms with van der Waals surface area (Å²) in [6.45, 7) is 3.87. The van der Waals surface area contributed by atoms with Crippen molar-refractivity contribution in [3.8, 4) is 11.4 Å². The summed E-state index contributed by atoms with van der Waals surface area (Å²) < 4.78 is 60.0. The van der Waals surface area contributed by atoms with Gasteiger partial charge in [-0.25, -0.2) is 19.4 Å². The van der Waals surface area contributed by atoms with Crippen LogP contribution in [0.25, 0.3) is 11.4 Å². The summed E-state index contributed by atoms with van der Waals surface area (Å²) in [5.41, 5.74) is 2.08. The Balaban J connectivity index is 1.51. The van der Waals surface area contributed by atoms with Crippen LogP contribution in [0.2, 0.25) is 0 Å². The second-order valence-electron chi connectivity index (χ2n) is 8.69. The van der Waals surface area contributed by atoms with E-state index in [1.54, 1.807) is 6.92 Å². The summed E-state index contributed by atoms with van der Waals surface area (Å²) in [4.78, 5) is 7.52. The van der Waals surface area contributed by atoms with E-state index in [4.69, 9.17) is 4.42 Å². The largest absolute Gasteiger partial charge is 0.423 e. The van der Waals surface area contributed by atoms with E-state index in [1.807, 2.05) is 5.01 Å². The summed E-state index contributed by atoms with van der Waals surface area (Å²) in [6, 6.07) is 3.88. The average Bonchev–Trinajstić information content (AvgIpc) is 3.23. The zero-order valence-electron chi connectivity index (χ0n) is 18.0. The fourth-order valence-corrected chi connectivity index (χ4v) is 5.04. The molecular weight excluding hydrogens is 440 g/mol. The Kier molecular flexibility index (Phi) is 5.11. The number of hydrogen-bond acceptors (Lipinski definition) is 7. The van der Waals surface area contributed by atoms with Gasteiger partial charge >= 0.3 is 6.18 Å². The summed E-state index contributed by atoms with van der Waals surface area (Å²) in [7, 11) is 0. The number of aryl methyl sites for hydroxylation is 1. The maximum atomic E-state index is 13.7. The molecule has 0 amide bonds. The molecule has 2 aliphatic heterocycles. The molecule has 0 radical (unpaired) electrons. The van der Waals surface area contributed by atoms with E-state index in [2.05, 4.69) is 32.5 Å². The molecule has 2 saturated heterocycles. The fourth-order valence-electron chi connectivity index (χ4n) is 5.04. The summed E-state index contributed by atoms with van der Waals surface area (Å²) in [6.07, 6.45) is 0.699. The van der Waals surface area contributed by atoms with Crippen LogP contribution in [-0.2, 0) is 11.7 Å². The molecule has 2 aromatic heterocycles. The van der Waals surface area contributed by atoms with Gasteiger partial charge in [0.2, 0.25) is 11.8 Å². The number of halogens is 4. The number of nitrogens with one attached hydrogen (secondary N) is 1. The predicted octanol–water partition coefficient (Wildman–Crippen LogP) is 5.11. The quantitative estimate of drug-likeness (QED) is 0.528. The van der Waals surface area contributed by atoms with Crippen LogP contribution in [0.4, 0.5) is 23.2 Å². The van der Waals surface area contributed by atoms with Gasteiger partial charge in [-0.15, -0.1) is 10.2 Å². The van der Waals surface area contributed by atoms with Gasteiger partial charge in [-0.2, -0.15) is 13.2 Å². The number of alkyl halides is 3. The molecule has 3 aromatic rings. The zero-order valence-corrected chi connectivity index (χ0v) is 18.0. The molecule has 2 bridgehead atoms. The highest BCUT2D eigenvalue weighted by Gasteiger charge is 2.61. The lowest BCUT2D eigenvalue weighted by atomic mass is 9.64. The number of anilines is 1. The fraction of sp³-hybridized carbons (Fsp3) is 0.455. The van der Waals surface area contributed by atoms with Crippen LogP contribution < -0.4 is 5.43 Å². The first-order chi connectivity index (χ1) is 15.7. The molecule has 1 saturated carbocycles. The highest BCUT2D eigenvalue weighted by molar-refractivity contribution is 5.67. The van der Waals surface area contributed by atoms with Crippen LogP contribution in [0, 0.1) is 18.7 Å². The lowest BCUT2D eigenvalue weighted by Crippen LogP contribution is -2.69. The number of benzene rings is 1. The average molecular weight is 462 g/mol. The van der Waals surface area contributed by atoms with Crippen molar-refractivity contribution in [1.82, 2.24) is 25.2 Å². The summed E-state index contributed by atoms with van der Waals surface area (Å²) >= 11 is 0. The van der Waals surface area contributed by atoms with Crippen LogP contribution >= 0.6 is 0 Å². The molecule has 3 unspecified atom stereocenters. The molecule has 11 heteroatoms. The van der Waals surface area contributed by atoms with Crippen LogP contribution in [0.5, 0.6) is 0 Å². The van der Waals surface area contributed by atoms with E-state index in [-0.39, 0.29) is 17.4 Å². The van der Waals surface area contributed by atoms with Crippen molar-refractivity contribution < 1.29 is 22.0 Å². The van der Waals surface area contributed by atoms with Gasteiger partial charge < -0.3 is 9.84 Å². The normalized spacial score (nSPS) is 25.0. The zero-order chi connectivity index (χ0) is 23.4. The van der Waals surface area contributed by atoms with E-state index in [0.29, 0.717) is 23.4 Å². The third-order valence-corrected chi connectivity index (χ3v) is 6.57. The predicted molar refractivity (Wildman–Crippen MR) is 110 cm³/mol. The molecule has 1 aliphatic carbocycles. The van der Waals surface area contributed by atoms with Crippen LogP contribution in [-0.4, -0.2) is 31.2 Å². The lowest BCUT2D eigenvalue weighted by molar-refractivity contribution is -0.137. The van der Waals surface area contributed by atoms with Gasteiger partial charge in [0.05, 0.1) is 18.0 Å². The van der Waals surface area contributed by atoms with Gasteiger partial charge in [0.15, 0.2) is 11.6 Å². The molecule has 3 fully saturated rings. The van der Waals surface area contributed by atoms with Crippen molar-refractivity contribution in [2.45, 2.75) is 57.3 Å². The molecule has 0 spiro atoms. The minimum absolute atomic E-state index is 0.184. The SMILES string of the molecule is CCC1CC2CC(c3nnc(C)o3)(C1)N2Nc1ccc(C(F)(F)F)c(-c2ncc(F)cn2)c1. The van der Waals surface area contributed by atoms with E-state index in [0.717, 1.165) is 44.1 Å². The van der Waals surface area contributed by atoms with E-state index < -0.39 is 23.1 Å². The van der Waals surface area contributed by atoms with Crippen LogP contribution in [0.1, 0.15) is 50.0 Å². The van der Waals surface area contributed by atoms with Gasteiger partial charge in [-0.1, -0.05) is 13.3 Å². The first-order valence-corrected chi connectivity index (χ1v) is 10.8. The van der Waals surface area contributed by atoms with Crippen LogP contribution in [0.15, 0.2) is 35.0 Å². The molecule has 7 nitrogen and oxygen atoms in total. The summed E-state index contributed by atoms with van der Waals surface area (Å²) in [5, 5.41) is 10.3. The van der Waals surface area contributed by atoms with Crippen molar-refractivity contribution in [3.05, 3.63) is 53.8 Å². The van der Waals surface area contributed by atoms with Crippen molar-refractivity contribution >= 4 is 5.69 Å². The number of nitrogens with zero attached hydrogens (tertiary/aromatic N) is 5. The Morgan fingerprint density at radius 2 is 1.94 bits per heavy atom. The lowest BCUT2D eigenvalue weighted by Gasteiger charge is -2.61. The third-order valence-electron chi connectivity index (χ3n) is 6.57. The Hall–Kier alpha value is -3.08. The smallest absolute Gasteiger partial charge is 0.417 e. The highest BCUT2D eigenvalue weighted by atomic mass is 19.4. The number of rotatable bonds is 5. The second kappa shape index (κ2) is 7.75. The van der Waals surface area contributed by atoms with E-state index >= 15 is 0 Å². The van der Waals surface area contributed by atoms with Gasteiger partial charge in [0.1, 0.15) is 5.54 Å². The molecule has 4 heterocycles. The van der Waals surface area contributed by atoms with E-state index in [9.17, 15) is 17.6 Å². The van der Waals surface area contributed by atoms with E-state index in [1.165, 1.54) is 12.1 Å². The van der Waals surface area contributed by atoms with Crippen molar-refractivity contribution in [2.75, 3.05) is 5.43 Å². The second-order valence-corrected chi connectivity index (χ2v) is 8.69. The minimum atomic E-state index is -4.62. The molecule has 1 N–H and O–H groups in total. The molecule has 1 aromatic carbocycles. The molecular formula is C22H22F4N6O. The maximum absolute atomic E-state index is 13.7. The van der Waals surface area contributed by atoms with Gasteiger partial charge in [-0.3, -0.25) is 0 Å². The molecule has 3 atom stereocenters. The van der Waals surface area contributed by atoms with Gasteiger partial charge in [-0.05, 0) is 43.4 Å². The topological polar surface area (TPSA) is 80.0 Å². The Labute approximate surface area is 187 Å². The number of fused-ring (bicyclic) bond motifs is 2. The van der Waals surface area contributed by atoms with Crippen molar-refractivity contribution in [1.29, 1.82) is 0 Å². The number of hydrazine groups is 1. The molecule has 6 rings (SSSR count). The van der Waals surface area contributed by atoms with Gasteiger partial charge in [0, 0.05) is 24.2 Å². The standard InChI is InChI=1S/C22H22F4N6O/c1-3-13-6-16-9-21(8-13,20-30-29-12(2)33-20)32(16)31-15-4-5-18(22(24,25)26)17(7-15)19-27-10-14(23)11-28-19/h4-5,7,10-11,13,16,31H,3,6,8-9H2,1-2H3. The first-order valence-electron chi connectivity index (χ1n) is 10.8. The molecule has 174 valence electrons. The van der Waals surface area contributed by atoms with Crippen LogP contribution in [0.3, 0.4) is 0 Å². The van der Waals surface area contributed by atoms with Gasteiger partial charge in [0.25, 0.3) is 0 Å². The Morgan fingerprint density at radius 1 is 1.18 bits per heavy atom. The minimum Gasteiger partial charge on any atom is -0.423 e.